The fourth-order valence-electron chi connectivity index (χ4n) is 1.96. The molecule has 1 aromatic carbocycles. The largest absolute Gasteiger partial charge is 0.371 e. The first-order valence-electron chi connectivity index (χ1n) is 6.49. The number of halogens is 1. The molecule has 0 N–H and O–H groups in total. The molecule has 0 spiro atoms. The summed E-state index contributed by atoms with van der Waals surface area (Å²) in [5, 5.41) is 0. The van der Waals surface area contributed by atoms with E-state index in [0.717, 1.165) is 24.5 Å². The summed E-state index contributed by atoms with van der Waals surface area (Å²) in [6.07, 6.45) is 0. The van der Waals surface area contributed by atoms with Crippen molar-refractivity contribution in [3.63, 3.8) is 0 Å². The number of rotatable bonds is 5. The maximum Gasteiger partial charge on any atom is 0.125 e. The van der Waals surface area contributed by atoms with Crippen molar-refractivity contribution < 1.29 is 4.39 Å². The quantitative estimate of drug-likeness (QED) is 0.782. The van der Waals surface area contributed by atoms with Gasteiger partial charge < -0.3 is 4.90 Å². The highest BCUT2D eigenvalue weighted by atomic mass is 32.1. The van der Waals surface area contributed by atoms with Crippen LogP contribution < -0.4 is 4.90 Å². The van der Waals surface area contributed by atoms with Gasteiger partial charge in [0.15, 0.2) is 0 Å². The van der Waals surface area contributed by atoms with Crippen molar-refractivity contribution in [3.05, 3.63) is 30.1 Å². The third kappa shape index (κ3) is 4.20. The number of thiol groups is 1. The zero-order chi connectivity index (χ0) is 13.8. The van der Waals surface area contributed by atoms with Crippen LogP contribution in [0.4, 0.5) is 10.1 Å². The van der Waals surface area contributed by atoms with E-state index in [4.69, 9.17) is 0 Å². The molecule has 0 heterocycles. The molecular weight excluding hydrogens is 245 g/mol. The molecule has 0 bridgehead atoms. The molecule has 0 radical (unpaired) electrons. The van der Waals surface area contributed by atoms with E-state index in [-0.39, 0.29) is 11.2 Å². The summed E-state index contributed by atoms with van der Waals surface area (Å²) >= 11 is 4.45. The van der Waals surface area contributed by atoms with Gasteiger partial charge >= 0.3 is 0 Å². The molecule has 102 valence electrons. The van der Waals surface area contributed by atoms with Crippen molar-refractivity contribution in [1.82, 2.24) is 0 Å². The van der Waals surface area contributed by atoms with Crippen LogP contribution >= 0.6 is 12.6 Å². The predicted molar refractivity (Wildman–Crippen MR) is 81.1 cm³/mol. The van der Waals surface area contributed by atoms with Gasteiger partial charge in [-0.05, 0) is 42.2 Å². The van der Waals surface area contributed by atoms with Crippen molar-refractivity contribution in [2.45, 2.75) is 27.7 Å². The minimum absolute atomic E-state index is 0.177. The van der Waals surface area contributed by atoms with Gasteiger partial charge in [0.25, 0.3) is 0 Å². The maximum absolute atomic E-state index is 13.3. The second-order valence-electron chi connectivity index (χ2n) is 5.76. The van der Waals surface area contributed by atoms with E-state index < -0.39 is 0 Å². The van der Waals surface area contributed by atoms with Crippen LogP contribution in [0.5, 0.6) is 0 Å². The minimum atomic E-state index is -0.177. The van der Waals surface area contributed by atoms with Crippen LogP contribution in [0.3, 0.4) is 0 Å². The van der Waals surface area contributed by atoms with Crippen LogP contribution in [-0.2, 0) is 0 Å². The predicted octanol–water partition coefficient (Wildman–Crippen LogP) is 4.24. The summed E-state index contributed by atoms with van der Waals surface area (Å²) < 4.78 is 13.3. The molecule has 0 saturated carbocycles. The van der Waals surface area contributed by atoms with Crippen molar-refractivity contribution in [2.75, 3.05) is 23.7 Å². The Balaban J connectivity index is 2.84. The summed E-state index contributed by atoms with van der Waals surface area (Å²) in [6, 6.07) is 6.81. The molecule has 0 saturated heterocycles. The Morgan fingerprint density at radius 1 is 1.33 bits per heavy atom. The van der Waals surface area contributed by atoms with Crippen LogP contribution in [-0.4, -0.2) is 18.8 Å². The smallest absolute Gasteiger partial charge is 0.125 e. The lowest BCUT2D eigenvalue weighted by atomic mass is 9.81. The molecule has 1 nitrogen and oxygen atoms in total. The first kappa shape index (κ1) is 15.4. The zero-order valence-electron chi connectivity index (χ0n) is 11.8. The van der Waals surface area contributed by atoms with Gasteiger partial charge in [-0.25, -0.2) is 4.39 Å². The molecule has 18 heavy (non-hydrogen) atoms. The topological polar surface area (TPSA) is 3.24 Å². The molecule has 0 aliphatic rings. The lowest BCUT2D eigenvalue weighted by molar-refractivity contribution is 0.270. The van der Waals surface area contributed by atoms with Crippen molar-refractivity contribution in [2.24, 2.45) is 11.3 Å². The van der Waals surface area contributed by atoms with E-state index in [1.165, 1.54) is 6.07 Å². The van der Waals surface area contributed by atoms with E-state index in [2.05, 4.69) is 45.2 Å². The van der Waals surface area contributed by atoms with Gasteiger partial charge in [0.1, 0.15) is 5.82 Å². The standard InChI is InChI=1S/C15H24FNS/c1-5-17(10-12(11-18)15(2,3)4)14-8-6-7-13(16)9-14/h6-9,12,18H,5,10-11H2,1-4H3. The molecule has 0 fully saturated rings. The third-order valence-electron chi connectivity index (χ3n) is 3.44. The molecule has 1 unspecified atom stereocenters. The molecule has 3 heteroatoms. The molecule has 1 atom stereocenters. The Bertz CT molecular complexity index is 373. The Kier molecular flexibility index (Phi) is 5.51. The first-order valence-corrected chi connectivity index (χ1v) is 7.13. The van der Waals surface area contributed by atoms with Gasteiger partial charge in [0, 0.05) is 18.8 Å². The number of hydrogen-bond acceptors (Lipinski definition) is 2. The second kappa shape index (κ2) is 6.46. The maximum atomic E-state index is 13.3. The number of benzene rings is 1. The fraction of sp³-hybridized carbons (Fsp3) is 0.600. The van der Waals surface area contributed by atoms with Crippen LogP contribution in [0.15, 0.2) is 24.3 Å². The third-order valence-corrected chi connectivity index (χ3v) is 3.88. The van der Waals surface area contributed by atoms with E-state index in [1.54, 1.807) is 12.1 Å². The summed E-state index contributed by atoms with van der Waals surface area (Å²) in [6.45, 7) is 10.6. The highest BCUT2D eigenvalue weighted by molar-refractivity contribution is 7.80. The monoisotopic (exact) mass is 269 g/mol. The van der Waals surface area contributed by atoms with Gasteiger partial charge in [0.2, 0.25) is 0 Å². The van der Waals surface area contributed by atoms with Crippen LogP contribution in [0, 0.1) is 17.2 Å². The normalized spacial score (nSPS) is 13.4. The van der Waals surface area contributed by atoms with Gasteiger partial charge in [-0.1, -0.05) is 26.8 Å². The first-order chi connectivity index (χ1) is 8.38. The average Bonchev–Trinajstić information content (AvgIpc) is 2.28. The second-order valence-corrected chi connectivity index (χ2v) is 6.13. The Labute approximate surface area is 116 Å². The number of nitrogens with zero attached hydrogens (tertiary/aromatic N) is 1. The summed E-state index contributed by atoms with van der Waals surface area (Å²) in [5.41, 5.74) is 1.16. The van der Waals surface area contributed by atoms with Crippen molar-refractivity contribution in [3.8, 4) is 0 Å². The molecule has 1 aromatic rings. The molecule has 0 aromatic heterocycles. The average molecular weight is 269 g/mol. The van der Waals surface area contributed by atoms with Gasteiger partial charge in [0.05, 0.1) is 0 Å². The van der Waals surface area contributed by atoms with E-state index >= 15 is 0 Å². The Morgan fingerprint density at radius 3 is 2.44 bits per heavy atom. The Hall–Kier alpha value is -0.700. The highest BCUT2D eigenvalue weighted by Crippen LogP contribution is 2.29. The molecular formula is C15H24FNS. The van der Waals surface area contributed by atoms with Gasteiger partial charge in [-0.2, -0.15) is 12.6 Å². The molecule has 1 rings (SSSR count). The van der Waals surface area contributed by atoms with Crippen LogP contribution in [0.1, 0.15) is 27.7 Å². The number of hydrogen-bond donors (Lipinski definition) is 1. The molecule has 0 aliphatic heterocycles. The Morgan fingerprint density at radius 2 is 2.00 bits per heavy atom. The van der Waals surface area contributed by atoms with Crippen LogP contribution in [0.2, 0.25) is 0 Å². The fourth-order valence-corrected chi connectivity index (χ4v) is 2.62. The summed E-state index contributed by atoms with van der Waals surface area (Å²) in [7, 11) is 0. The minimum Gasteiger partial charge on any atom is -0.371 e. The SMILES string of the molecule is CCN(CC(CS)C(C)(C)C)c1cccc(F)c1. The molecule has 0 amide bonds. The summed E-state index contributed by atoms with van der Waals surface area (Å²) in [5.74, 6) is 1.14. The van der Waals surface area contributed by atoms with Crippen molar-refractivity contribution >= 4 is 18.3 Å². The summed E-state index contributed by atoms with van der Waals surface area (Å²) in [4.78, 5) is 2.22. The van der Waals surface area contributed by atoms with Gasteiger partial charge in [-0.3, -0.25) is 0 Å². The van der Waals surface area contributed by atoms with Crippen LogP contribution in [0.25, 0.3) is 0 Å². The lowest BCUT2D eigenvalue weighted by Gasteiger charge is -2.35. The van der Waals surface area contributed by atoms with Gasteiger partial charge in [-0.15, -0.1) is 0 Å². The highest BCUT2D eigenvalue weighted by Gasteiger charge is 2.25. The number of anilines is 1. The zero-order valence-corrected chi connectivity index (χ0v) is 12.7. The van der Waals surface area contributed by atoms with Crippen molar-refractivity contribution in [1.29, 1.82) is 0 Å². The lowest BCUT2D eigenvalue weighted by Crippen LogP contribution is -2.36. The van der Waals surface area contributed by atoms with E-state index in [0.29, 0.717) is 5.92 Å². The van der Waals surface area contributed by atoms with E-state index in [1.807, 2.05) is 6.07 Å². The molecule has 0 aliphatic carbocycles. The van der Waals surface area contributed by atoms with E-state index in [9.17, 15) is 4.39 Å².